The van der Waals surface area contributed by atoms with Crippen molar-refractivity contribution in [2.45, 2.75) is 37.1 Å². The molecule has 0 saturated heterocycles. The molecule has 0 bridgehead atoms. The lowest BCUT2D eigenvalue weighted by atomic mass is 9.94. The maximum absolute atomic E-state index is 13.6. The van der Waals surface area contributed by atoms with Crippen molar-refractivity contribution in [3.8, 4) is 0 Å². The highest BCUT2D eigenvalue weighted by Gasteiger charge is 2.27. The van der Waals surface area contributed by atoms with E-state index in [2.05, 4.69) is 4.72 Å². The predicted molar refractivity (Wildman–Crippen MR) is 75.8 cm³/mol. The molecule has 0 radical (unpaired) electrons. The topological polar surface area (TPSA) is 59.3 Å². The Hall–Kier alpha value is -1.66. The van der Waals surface area contributed by atoms with Gasteiger partial charge in [0.15, 0.2) is 0 Å². The summed E-state index contributed by atoms with van der Waals surface area (Å²) >= 11 is 0. The van der Waals surface area contributed by atoms with E-state index in [4.69, 9.17) is 4.42 Å². The standard InChI is InChI=1S/C15H16FNO3S/c1-10-5-6-11(9-13(10)16)21(18,19)17-14-3-2-4-15-12(14)7-8-20-15/h5-9,14,17H,2-4H2,1H3. The normalized spacial score (nSPS) is 18.5. The number of hydrogen-bond donors (Lipinski definition) is 1. The van der Waals surface area contributed by atoms with Gasteiger partial charge in [0.1, 0.15) is 11.6 Å². The van der Waals surface area contributed by atoms with Crippen LogP contribution in [0.15, 0.2) is 39.8 Å². The second-order valence-electron chi connectivity index (χ2n) is 5.28. The number of rotatable bonds is 3. The van der Waals surface area contributed by atoms with Crippen molar-refractivity contribution in [3.05, 3.63) is 53.2 Å². The second-order valence-corrected chi connectivity index (χ2v) is 6.99. The van der Waals surface area contributed by atoms with Crippen LogP contribution in [0.3, 0.4) is 0 Å². The van der Waals surface area contributed by atoms with Gasteiger partial charge in [-0.25, -0.2) is 17.5 Å². The number of sulfonamides is 1. The summed E-state index contributed by atoms with van der Waals surface area (Å²) < 4.78 is 46.3. The van der Waals surface area contributed by atoms with Crippen molar-refractivity contribution in [1.82, 2.24) is 4.72 Å². The first-order chi connectivity index (χ1) is 9.97. The van der Waals surface area contributed by atoms with Gasteiger partial charge in [0.05, 0.1) is 17.2 Å². The van der Waals surface area contributed by atoms with Crippen LogP contribution in [-0.2, 0) is 16.4 Å². The highest BCUT2D eigenvalue weighted by molar-refractivity contribution is 7.89. The summed E-state index contributed by atoms with van der Waals surface area (Å²) in [7, 11) is -3.75. The number of benzene rings is 1. The summed E-state index contributed by atoms with van der Waals surface area (Å²) in [5, 5.41) is 0. The van der Waals surface area contributed by atoms with Crippen LogP contribution in [0.5, 0.6) is 0 Å². The molecule has 3 rings (SSSR count). The fraction of sp³-hybridized carbons (Fsp3) is 0.333. The van der Waals surface area contributed by atoms with Crippen molar-refractivity contribution in [3.63, 3.8) is 0 Å². The molecule has 6 heteroatoms. The molecule has 112 valence electrons. The summed E-state index contributed by atoms with van der Waals surface area (Å²) in [6.45, 7) is 1.60. The number of halogens is 1. The molecule has 0 saturated carbocycles. The fourth-order valence-electron chi connectivity index (χ4n) is 2.60. The summed E-state index contributed by atoms with van der Waals surface area (Å²) in [5.74, 6) is 0.301. The maximum Gasteiger partial charge on any atom is 0.241 e. The van der Waals surface area contributed by atoms with Gasteiger partial charge in [0, 0.05) is 12.0 Å². The third-order valence-corrected chi connectivity index (χ3v) is 5.27. The van der Waals surface area contributed by atoms with E-state index in [1.165, 1.54) is 12.1 Å². The average molecular weight is 309 g/mol. The van der Waals surface area contributed by atoms with E-state index in [0.717, 1.165) is 30.2 Å². The smallest absolute Gasteiger partial charge is 0.241 e. The summed E-state index contributed by atoms with van der Waals surface area (Å²) in [6.07, 6.45) is 3.96. The molecule has 1 atom stereocenters. The summed E-state index contributed by atoms with van der Waals surface area (Å²) in [5.41, 5.74) is 1.29. The highest BCUT2D eigenvalue weighted by atomic mass is 32.2. The molecule has 0 amide bonds. The van der Waals surface area contributed by atoms with Gasteiger partial charge in [-0.15, -0.1) is 0 Å². The van der Waals surface area contributed by atoms with Gasteiger partial charge in [0.2, 0.25) is 10.0 Å². The van der Waals surface area contributed by atoms with Gasteiger partial charge in [-0.05, 0) is 43.5 Å². The minimum Gasteiger partial charge on any atom is -0.469 e. The predicted octanol–water partition coefficient (Wildman–Crippen LogP) is 3.08. The Morgan fingerprint density at radius 2 is 2.14 bits per heavy atom. The number of aryl methyl sites for hydroxylation is 2. The maximum atomic E-state index is 13.6. The van der Waals surface area contributed by atoms with Gasteiger partial charge in [-0.3, -0.25) is 0 Å². The zero-order chi connectivity index (χ0) is 15.0. The van der Waals surface area contributed by atoms with Crippen molar-refractivity contribution >= 4 is 10.0 Å². The van der Waals surface area contributed by atoms with Crippen LogP contribution < -0.4 is 4.72 Å². The van der Waals surface area contributed by atoms with E-state index in [0.29, 0.717) is 12.0 Å². The third kappa shape index (κ3) is 2.73. The molecule has 0 spiro atoms. The minimum atomic E-state index is -3.75. The second kappa shape index (κ2) is 5.27. The molecule has 0 aliphatic heterocycles. The van der Waals surface area contributed by atoms with E-state index < -0.39 is 15.8 Å². The number of nitrogens with one attached hydrogen (secondary N) is 1. The van der Waals surface area contributed by atoms with Gasteiger partial charge in [0.25, 0.3) is 0 Å². The zero-order valence-electron chi connectivity index (χ0n) is 11.6. The zero-order valence-corrected chi connectivity index (χ0v) is 12.4. The summed E-state index contributed by atoms with van der Waals surface area (Å²) in [4.78, 5) is -0.0544. The van der Waals surface area contributed by atoms with Crippen molar-refractivity contribution in [2.75, 3.05) is 0 Å². The Labute approximate surface area is 123 Å². The van der Waals surface area contributed by atoms with Crippen LogP contribution in [0.2, 0.25) is 0 Å². The van der Waals surface area contributed by atoms with Crippen LogP contribution in [0, 0.1) is 12.7 Å². The van der Waals surface area contributed by atoms with Gasteiger partial charge in [-0.2, -0.15) is 0 Å². The molecule has 1 unspecified atom stereocenters. The minimum absolute atomic E-state index is 0.0544. The lowest BCUT2D eigenvalue weighted by Gasteiger charge is -2.22. The van der Waals surface area contributed by atoms with E-state index in [9.17, 15) is 12.8 Å². The number of hydrogen-bond acceptors (Lipinski definition) is 3. The third-order valence-electron chi connectivity index (χ3n) is 3.80. The molecule has 1 N–H and O–H groups in total. The van der Waals surface area contributed by atoms with Crippen LogP contribution in [0.1, 0.15) is 35.8 Å². The van der Waals surface area contributed by atoms with Crippen LogP contribution in [0.4, 0.5) is 4.39 Å². The molecule has 1 aliphatic carbocycles. The Balaban J connectivity index is 1.89. The van der Waals surface area contributed by atoms with Crippen LogP contribution >= 0.6 is 0 Å². The van der Waals surface area contributed by atoms with Crippen molar-refractivity contribution < 1.29 is 17.2 Å². The van der Waals surface area contributed by atoms with E-state index in [1.54, 1.807) is 19.3 Å². The molecule has 1 aliphatic rings. The molecular weight excluding hydrogens is 293 g/mol. The monoisotopic (exact) mass is 309 g/mol. The van der Waals surface area contributed by atoms with E-state index in [1.807, 2.05) is 0 Å². The Kier molecular flexibility index (Phi) is 3.59. The fourth-order valence-corrected chi connectivity index (χ4v) is 3.87. The molecule has 1 aromatic carbocycles. The van der Waals surface area contributed by atoms with Gasteiger partial charge in [-0.1, -0.05) is 6.07 Å². The first-order valence-corrected chi connectivity index (χ1v) is 8.30. The van der Waals surface area contributed by atoms with E-state index in [-0.39, 0.29) is 10.9 Å². The lowest BCUT2D eigenvalue weighted by molar-refractivity contribution is 0.438. The highest BCUT2D eigenvalue weighted by Crippen LogP contribution is 2.31. The van der Waals surface area contributed by atoms with Crippen molar-refractivity contribution in [1.29, 1.82) is 0 Å². The molecular formula is C15H16FNO3S. The Bertz CT molecular complexity index is 767. The van der Waals surface area contributed by atoms with Gasteiger partial charge >= 0.3 is 0 Å². The molecule has 0 fully saturated rings. The molecule has 1 aromatic heterocycles. The first kappa shape index (κ1) is 14.3. The van der Waals surface area contributed by atoms with Gasteiger partial charge < -0.3 is 4.42 Å². The first-order valence-electron chi connectivity index (χ1n) is 6.82. The summed E-state index contributed by atoms with van der Waals surface area (Å²) in [6, 6.07) is 5.41. The van der Waals surface area contributed by atoms with Crippen LogP contribution in [-0.4, -0.2) is 8.42 Å². The average Bonchev–Trinajstić information content (AvgIpc) is 2.91. The Morgan fingerprint density at radius 3 is 2.90 bits per heavy atom. The van der Waals surface area contributed by atoms with E-state index >= 15 is 0 Å². The quantitative estimate of drug-likeness (QED) is 0.948. The Morgan fingerprint density at radius 1 is 1.33 bits per heavy atom. The molecule has 21 heavy (non-hydrogen) atoms. The SMILES string of the molecule is Cc1ccc(S(=O)(=O)NC2CCCc3occc32)cc1F. The lowest BCUT2D eigenvalue weighted by Crippen LogP contribution is -2.30. The number of fused-ring (bicyclic) bond motifs is 1. The molecule has 2 aromatic rings. The largest absolute Gasteiger partial charge is 0.469 e. The van der Waals surface area contributed by atoms with Crippen LogP contribution in [0.25, 0.3) is 0 Å². The number of furan rings is 1. The molecule has 4 nitrogen and oxygen atoms in total. The molecule has 1 heterocycles. The van der Waals surface area contributed by atoms with Crippen molar-refractivity contribution in [2.24, 2.45) is 0 Å².